The van der Waals surface area contributed by atoms with Gasteiger partial charge in [-0.25, -0.2) is 0 Å². The molecule has 1 aromatic rings. The fourth-order valence-corrected chi connectivity index (χ4v) is 1.66. The molecule has 0 saturated heterocycles. The quantitative estimate of drug-likeness (QED) is 0.760. The van der Waals surface area contributed by atoms with E-state index in [2.05, 4.69) is 12.6 Å². The molecule has 0 aromatic heterocycles. The molecular weight excluding hydrogens is 186 g/mol. The summed E-state index contributed by atoms with van der Waals surface area (Å²) < 4.78 is 0. The SMILES string of the molecule is C=C(C#N)C(O)c1cccc(C2CC2)c1. The molecule has 2 nitrogen and oxygen atoms in total. The van der Waals surface area contributed by atoms with Gasteiger partial charge in [0.05, 0.1) is 11.6 Å². The molecule has 1 aliphatic carbocycles. The summed E-state index contributed by atoms with van der Waals surface area (Å²) in [5, 5.41) is 18.4. The van der Waals surface area contributed by atoms with Crippen molar-refractivity contribution in [1.82, 2.24) is 0 Å². The molecule has 1 atom stereocenters. The average molecular weight is 199 g/mol. The molecule has 1 fully saturated rings. The minimum atomic E-state index is -0.853. The van der Waals surface area contributed by atoms with Gasteiger partial charge in [-0.15, -0.1) is 0 Å². The monoisotopic (exact) mass is 199 g/mol. The van der Waals surface area contributed by atoms with Crippen molar-refractivity contribution in [3.05, 3.63) is 47.5 Å². The molecule has 0 spiro atoms. The molecule has 0 amide bonds. The van der Waals surface area contributed by atoms with Gasteiger partial charge in [0.1, 0.15) is 6.10 Å². The number of hydrogen-bond donors (Lipinski definition) is 1. The van der Waals surface area contributed by atoms with E-state index in [0.717, 1.165) is 5.56 Å². The van der Waals surface area contributed by atoms with E-state index in [0.29, 0.717) is 5.92 Å². The van der Waals surface area contributed by atoms with Gasteiger partial charge in [-0.3, -0.25) is 0 Å². The van der Waals surface area contributed by atoms with Gasteiger partial charge in [-0.2, -0.15) is 5.26 Å². The highest BCUT2D eigenvalue weighted by molar-refractivity contribution is 5.36. The first kappa shape index (κ1) is 9.95. The Balaban J connectivity index is 2.24. The summed E-state index contributed by atoms with van der Waals surface area (Å²) in [5.41, 5.74) is 2.23. The van der Waals surface area contributed by atoms with E-state index in [9.17, 15) is 5.11 Å². The normalized spacial score (nSPS) is 16.8. The van der Waals surface area contributed by atoms with Crippen LogP contribution in [0.4, 0.5) is 0 Å². The number of nitrogens with zero attached hydrogens (tertiary/aromatic N) is 1. The maximum atomic E-state index is 9.79. The van der Waals surface area contributed by atoms with Crippen LogP contribution in [0.15, 0.2) is 36.4 Å². The molecule has 1 aliphatic rings. The topological polar surface area (TPSA) is 44.0 Å². The summed E-state index contributed by atoms with van der Waals surface area (Å²) in [6.45, 7) is 3.53. The van der Waals surface area contributed by atoms with Crippen LogP contribution < -0.4 is 0 Å². The molecular formula is C13H13NO. The minimum Gasteiger partial charge on any atom is -0.383 e. The van der Waals surface area contributed by atoms with Crippen molar-refractivity contribution in [2.24, 2.45) is 0 Å². The first-order valence-corrected chi connectivity index (χ1v) is 5.09. The van der Waals surface area contributed by atoms with Crippen molar-refractivity contribution >= 4 is 0 Å². The van der Waals surface area contributed by atoms with Crippen LogP contribution in [0.25, 0.3) is 0 Å². The van der Waals surface area contributed by atoms with E-state index >= 15 is 0 Å². The van der Waals surface area contributed by atoms with Crippen molar-refractivity contribution in [2.45, 2.75) is 24.9 Å². The second kappa shape index (κ2) is 3.88. The lowest BCUT2D eigenvalue weighted by Gasteiger charge is -2.10. The number of hydrogen-bond acceptors (Lipinski definition) is 2. The lowest BCUT2D eigenvalue weighted by atomic mass is 10.00. The van der Waals surface area contributed by atoms with Crippen molar-refractivity contribution < 1.29 is 5.11 Å². The third-order valence-corrected chi connectivity index (χ3v) is 2.75. The lowest BCUT2D eigenvalue weighted by molar-refractivity contribution is 0.221. The van der Waals surface area contributed by atoms with E-state index in [1.54, 1.807) is 0 Å². The van der Waals surface area contributed by atoms with Gasteiger partial charge in [0.2, 0.25) is 0 Å². The Labute approximate surface area is 89.5 Å². The molecule has 2 rings (SSSR count). The molecule has 1 N–H and O–H groups in total. The van der Waals surface area contributed by atoms with E-state index in [1.165, 1.54) is 18.4 Å². The van der Waals surface area contributed by atoms with Crippen LogP contribution in [0.2, 0.25) is 0 Å². The third kappa shape index (κ3) is 2.08. The van der Waals surface area contributed by atoms with Crippen LogP contribution in [-0.4, -0.2) is 5.11 Å². The van der Waals surface area contributed by atoms with Crippen LogP contribution in [0.1, 0.15) is 36.0 Å². The van der Waals surface area contributed by atoms with E-state index in [1.807, 2.05) is 24.3 Å². The van der Waals surface area contributed by atoms with Gasteiger partial charge in [0.15, 0.2) is 0 Å². The zero-order valence-corrected chi connectivity index (χ0v) is 8.48. The second-order valence-corrected chi connectivity index (χ2v) is 3.98. The Hall–Kier alpha value is -1.59. The smallest absolute Gasteiger partial charge is 0.113 e. The molecule has 15 heavy (non-hydrogen) atoms. The highest BCUT2D eigenvalue weighted by Gasteiger charge is 2.24. The zero-order valence-electron chi connectivity index (χ0n) is 8.48. The Bertz CT molecular complexity index is 426. The molecule has 2 heteroatoms. The summed E-state index contributed by atoms with van der Waals surface area (Å²) in [6, 6.07) is 9.69. The predicted molar refractivity (Wildman–Crippen MR) is 58.1 cm³/mol. The van der Waals surface area contributed by atoms with Gasteiger partial charge in [-0.05, 0) is 29.9 Å². The summed E-state index contributed by atoms with van der Waals surface area (Å²) in [7, 11) is 0. The standard InChI is InChI=1S/C13H13NO/c1-9(8-14)13(15)12-4-2-3-11(7-12)10-5-6-10/h2-4,7,10,13,15H,1,5-6H2. The number of rotatable bonds is 3. The molecule has 1 unspecified atom stereocenters. The Morgan fingerprint density at radius 3 is 2.87 bits per heavy atom. The fraction of sp³-hybridized carbons (Fsp3) is 0.308. The fourth-order valence-electron chi connectivity index (χ4n) is 1.66. The van der Waals surface area contributed by atoms with Crippen LogP contribution in [-0.2, 0) is 0 Å². The Morgan fingerprint density at radius 1 is 1.53 bits per heavy atom. The molecule has 76 valence electrons. The minimum absolute atomic E-state index is 0.197. The molecule has 0 aliphatic heterocycles. The van der Waals surface area contributed by atoms with E-state index in [4.69, 9.17) is 5.26 Å². The predicted octanol–water partition coefficient (Wildman–Crippen LogP) is 2.68. The van der Waals surface area contributed by atoms with Crippen molar-refractivity contribution in [1.29, 1.82) is 5.26 Å². The first-order chi connectivity index (χ1) is 7.22. The summed E-state index contributed by atoms with van der Waals surface area (Å²) in [5.74, 6) is 0.660. The summed E-state index contributed by atoms with van der Waals surface area (Å²) >= 11 is 0. The number of benzene rings is 1. The van der Waals surface area contributed by atoms with Gasteiger partial charge in [0, 0.05) is 0 Å². The zero-order chi connectivity index (χ0) is 10.8. The van der Waals surface area contributed by atoms with Crippen molar-refractivity contribution in [3.8, 4) is 6.07 Å². The van der Waals surface area contributed by atoms with Crippen molar-refractivity contribution in [2.75, 3.05) is 0 Å². The van der Waals surface area contributed by atoms with Gasteiger partial charge >= 0.3 is 0 Å². The van der Waals surface area contributed by atoms with Crippen LogP contribution in [0.3, 0.4) is 0 Å². The summed E-state index contributed by atoms with van der Waals surface area (Å²) in [4.78, 5) is 0. The second-order valence-electron chi connectivity index (χ2n) is 3.98. The largest absolute Gasteiger partial charge is 0.383 e. The molecule has 0 bridgehead atoms. The number of aliphatic hydroxyl groups is 1. The Kier molecular flexibility index (Phi) is 2.57. The van der Waals surface area contributed by atoms with Crippen molar-refractivity contribution in [3.63, 3.8) is 0 Å². The molecule has 0 heterocycles. The maximum Gasteiger partial charge on any atom is 0.113 e. The summed E-state index contributed by atoms with van der Waals surface area (Å²) in [6.07, 6.45) is 1.62. The van der Waals surface area contributed by atoms with Gasteiger partial charge < -0.3 is 5.11 Å². The van der Waals surface area contributed by atoms with E-state index < -0.39 is 6.10 Å². The Morgan fingerprint density at radius 2 is 2.27 bits per heavy atom. The molecule has 1 aromatic carbocycles. The average Bonchev–Trinajstić information content (AvgIpc) is 3.11. The third-order valence-electron chi connectivity index (χ3n) is 2.75. The highest BCUT2D eigenvalue weighted by Crippen LogP contribution is 2.40. The maximum absolute atomic E-state index is 9.79. The highest BCUT2D eigenvalue weighted by atomic mass is 16.3. The van der Waals surface area contributed by atoms with Gasteiger partial charge in [0.25, 0.3) is 0 Å². The lowest BCUT2D eigenvalue weighted by Crippen LogP contribution is -1.99. The molecule has 1 saturated carbocycles. The van der Waals surface area contributed by atoms with Gasteiger partial charge in [-0.1, -0.05) is 30.8 Å². The van der Waals surface area contributed by atoms with Crippen LogP contribution in [0, 0.1) is 11.3 Å². The number of aliphatic hydroxyl groups excluding tert-OH is 1. The molecule has 0 radical (unpaired) electrons. The first-order valence-electron chi connectivity index (χ1n) is 5.09. The van der Waals surface area contributed by atoms with E-state index in [-0.39, 0.29) is 5.57 Å². The van der Waals surface area contributed by atoms with Crippen LogP contribution in [0.5, 0.6) is 0 Å². The number of nitriles is 1. The van der Waals surface area contributed by atoms with Crippen LogP contribution >= 0.6 is 0 Å².